The van der Waals surface area contributed by atoms with Crippen molar-refractivity contribution < 1.29 is 14.3 Å². The van der Waals surface area contributed by atoms with Crippen molar-refractivity contribution in [3.63, 3.8) is 0 Å². The van der Waals surface area contributed by atoms with Crippen molar-refractivity contribution in [3.05, 3.63) is 30.3 Å². The summed E-state index contributed by atoms with van der Waals surface area (Å²) in [6.45, 7) is 5.58. The topological polar surface area (TPSA) is 73.9 Å². The highest BCUT2D eigenvalue weighted by Crippen LogP contribution is 2.31. The van der Waals surface area contributed by atoms with Gasteiger partial charge < -0.3 is 15.0 Å². The largest absolute Gasteiger partial charge is 0.376 e. The molecule has 4 unspecified atom stereocenters. The lowest BCUT2D eigenvalue weighted by atomic mass is 9.84. The Morgan fingerprint density at radius 3 is 2.81 bits per heavy atom. The molecular formula is C20H28N4O3. The van der Waals surface area contributed by atoms with Crippen LogP contribution in [0.4, 0.5) is 5.69 Å². The summed E-state index contributed by atoms with van der Waals surface area (Å²) < 4.78 is 5.61. The number of fused-ring (bicyclic) bond motifs is 1. The number of ether oxygens (including phenoxy) is 1. The number of carbonyl (C=O) groups excluding carboxylic acids is 2. The fourth-order valence-electron chi connectivity index (χ4n) is 4.36. The Balaban J connectivity index is 1.49. The van der Waals surface area contributed by atoms with Gasteiger partial charge in [0.2, 0.25) is 11.8 Å². The van der Waals surface area contributed by atoms with Crippen molar-refractivity contribution in [2.75, 3.05) is 37.8 Å². The summed E-state index contributed by atoms with van der Waals surface area (Å²) in [5.74, 6) is -0.421. The van der Waals surface area contributed by atoms with Gasteiger partial charge in [-0.2, -0.15) is 0 Å². The summed E-state index contributed by atoms with van der Waals surface area (Å²) >= 11 is 0. The molecule has 0 bridgehead atoms. The van der Waals surface area contributed by atoms with Crippen molar-refractivity contribution in [3.8, 4) is 0 Å². The molecule has 0 saturated carbocycles. The van der Waals surface area contributed by atoms with Crippen LogP contribution in [0.3, 0.4) is 0 Å². The van der Waals surface area contributed by atoms with Gasteiger partial charge in [0.05, 0.1) is 29.7 Å². The average molecular weight is 372 g/mol. The van der Waals surface area contributed by atoms with E-state index >= 15 is 0 Å². The number of piperidine rings is 1. The number of nitrogens with one attached hydrogen (secondary N) is 2. The molecule has 2 N–H and O–H groups in total. The fourth-order valence-corrected chi connectivity index (χ4v) is 4.36. The van der Waals surface area contributed by atoms with Gasteiger partial charge in [0.25, 0.3) is 0 Å². The van der Waals surface area contributed by atoms with E-state index < -0.39 is 0 Å². The van der Waals surface area contributed by atoms with Crippen LogP contribution in [-0.2, 0) is 14.3 Å². The van der Waals surface area contributed by atoms with Crippen LogP contribution in [0.1, 0.15) is 19.8 Å². The van der Waals surface area contributed by atoms with E-state index in [4.69, 9.17) is 4.74 Å². The molecule has 3 fully saturated rings. The predicted octanol–water partition coefficient (Wildman–Crippen LogP) is 0.770. The maximum atomic E-state index is 13.0. The van der Waals surface area contributed by atoms with Crippen LogP contribution < -0.4 is 15.8 Å². The summed E-state index contributed by atoms with van der Waals surface area (Å²) in [5.41, 5.74) is 4.15. The minimum atomic E-state index is -0.261. The van der Waals surface area contributed by atoms with E-state index in [1.807, 2.05) is 30.3 Å². The van der Waals surface area contributed by atoms with Crippen LogP contribution in [-0.4, -0.2) is 61.6 Å². The highest BCUT2D eigenvalue weighted by molar-refractivity contribution is 5.98. The second kappa shape index (κ2) is 7.96. The van der Waals surface area contributed by atoms with Crippen molar-refractivity contribution in [2.24, 2.45) is 11.8 Å². The van der Waals surface area contributed by atoms with Gasteiger partial charge in [-0.1, -0.05) is 25.1 Å². The van der Waals surface area contributed by atoms with Crippen LogP contribution >= 0.6 is 0 Å². The number of nitrogens with zero attached hydrogens (tertiary/aromatic N) is 2. The molecule has 4 atom stereocenters. The first-order chi connectivity index (χ1) is 13.2. The number of hydrogen-bond donors (Lipinski definition) is 2. The minimum Gasteiger partial charge on any atom is -0.376 e. The zero-order valence-electron chi connectivity index (χ0n) is 15.8. The Bertz CT molecular complexity index is 677. The lowest BCUT2D eigenvalue weighted by Gasteiger charge is -2.37. The molecule has 7 heteroatoms. The van der Waals surface area contributed by atoms with Crippen molar-refractivity contribution in [2.45, 2.75) is 31.9 Å². The first-order valence-corrected chi connectivity index (χ1v) is 9.94. The molecule has 2 amide bonds. The zero-order valence-corrected chi connectivity index (χ0v) is 15.8. The Hall–Kier alpha value is -1.96. The van der Waals surface area contributed by atoms with E-state index in [1.54, 1.807) is 5.01 Å². The summed E-state index contributed by atoms with van der Waals surface area (Å²) in [4.78, 5) is 28.2. The number of carbonyl (C=O) groups is 2. The molecule has 7 nitrogen and oxygen atoms in total. The molecule has 1 aromatic carbocycles. The first-order valence-electron chi connectivity index (χ1n) is 9.94. The number of anilines is 1. The third kappa shape index (κ3) is 3.72. The van der Waals surface area contributed by atoms with Gasteiger partial charge in [-0.15, -0.1) is 0 Å². The van der Waals surface area contributed by atoms with Crippen LogP contribution in [0.2, 0.25) is 0 Å². The highest BCUT2D eigenvalue weighted by atomic mass is 16.5. The van der Waals surface area contributed by atoms with Gasteiger partial charge in [0.1, 0.15) is 0 Å². The zero-order chi connectivity index (χ0) is 18.8. The van der Waals surface area contributed by atoms with E-state index in [2.05, 4.69) is 22.6 Å². The monoisotopic (exact) mass is 372 g/mol. The van der Waals surface area contributed by atoms with Crippen molar-refractivity contribution >= 4 is 17.5 Å². The third-order valence-electron chi connectivity index (χ3n) is 5.92. The summed E-state index contributed by atoms with van der Waals surface area (Å²) in [6.07, 6.45) is 2.17. The normalized spacial score (nSPS) is 31.1. The molecule has 1 aromatic rings. The molecule has 3 heterocycles. The number of rotatable bonds is 5. The van der Waals surface area contributed by atoms with Gasteiger partial charge >= 0.3 is 0 Å². The number of hydrazine groups is 1. The standard InChI is InChI=1S/C20H28N4O3/c1-2-23-12-16(19(25)21-11-15-9-6-10-27-15)18-17(13-23)20(26)24(22-18)14-7-4-3-5-8-14/h3-5,7-8,15-18,22H,2,6,9-13H2,1H3,(H,21,25). The van der Waals surface area contributed by atoms with Gasteiger partial charge in [0, 0.05) is 26.2 Å². The fraction of sp³-hybridized carbons (Fsp3) is 0.600. The average Bonchev–Trinajstić information content (AvgIpc) is 3.34. The van der Waals surface area contributed by atoms with Crippen LogP contribution in [0.25, 0.3) is 0 Å². The highest BCUT2D eigenvalue weighted by Gasteiger charge is 2.50. The lowest BCUT2D eigenvalue weighted by Crippen LogP contribution is -2.57. The maximum absolute atomic E-state index is 13.0. The van der Waals surface area contributed by atoms with E-state index in [9.17, 15) is 9.59 Å². The Labute approximate surface area is 160 Å². The minimum absolute atomic E-state index is 0.00821. The Morgan fingerprint density at radius 2 is 2.11 bits per heavy atom. The number of amides is 2. The molecule has 3 aliphatic rings. The molecule has 0 radical (unpaired) electrons. The molecule has 4 rings (SSSR count). The van der Waals surface area contributed by atoms with E-state index in [1.165, 1.54) is 0 Å². The molecule has 0 spiro atoms. The molecule has 0 aromatic heterocycles. The number of hydrogen-bond acceptors (Lipinski definition) is 5. The van der Waals surface area contributed by atoms with E-state index in [0.717, 1.165) is 31.7 Å². The number of para-hydroxylation sites is 1. The van der Waals surface area contributed by atoms with Crippen molar-refractivity contribution in [1.82, 2.24) is 15.6 Å². The molecular weight excluding hydrogens is 344 g/mol. The molecule has 0 aliphatic carbocycles. The molecule has 146 valence electrons. The van der Waals surface area contributed by atoms with Crippen LogP contribution in [0, 0.1) is 11.8 Å². The van der Waals surface area contributed by atoms with Gasteiger partial charge in [-0.3, -0.25) is 9.59 Å². The summed E-state index contributed by atoms with van der Waals surface area (Å²) in [5, 5.41) is 4.68. The molecule has 3 aliphatic heterocycles. The lowest BCUT2D eigenvalue weighted by molar-refractivity contribution is -0.130. The quantitative estimate of drug-likeness (QED) is 0.799. The predicted molar refractivity (Wildman–Crippen MR) is 102 cm³/mol. The van der Waals surface area contributed by atoms with Gasteiger partial charge in [0.15, 0.2) is 0 Å². The second-order valence-electron chi connectivity index (χ2n) is 7.61. The third-order valence-corrected chi connectivity index (χ3v) is 5.92. The van der Waals surface area contributed by atoms with Gasteiger partial charge in [-0.05, 0) is 31.5 Å². The second-order valence-corrected chi connectivity index (χ2v) is 7.61. The number of likely N-dealkylation sites (tertiary alicyclic amines) is 1. The van der Waals surface area contributed by atoms with Gasteiger partial charge in [-0.25, -0.2) is 10.4 Å². The maximum Gasteiger partial charge on any atom is 0.247 e. The number of benzene rings is 1. The van der Waals surface area contributed by atoms with Crippen LogP contribution in [0.15, 0.2) is 30.3 Å². The first kappa shape index (κ1) is 18.4. The SMILES string of the molecule is CCN1CC(C(=O)NCC2CCCO2)C2NN(c3ccccc3)C(=O)C2C1. The smallest absolute Gasteiger partial charge is 0.247 e. The van der Waals surface area contributed by atoms with Crippen LogP contribution in [0.5, 0.6) is 0 Å². The molecule has 3 saturated heterocycles. The Morgan fingerprint density at radius 1 is 1.30 bits per heavy atom. The summed E-state index contributed by atoms with van der Waals surface area (Å²) in [7, 11) is 0. The van der Waals surface area contributed by atoms with E-state index in [0.29, 0.717) is 19.6 Å². The van der Waals surface area contributed by atoms with E-state index in [-0.39, 0.29) is 35.8 Å². The molecule has 27 heavy (non-hydrogen) atoms. The van der Waals surface area contributed by atoms with Crippen molar-refractivity contribution in [1.29, 1.82) is 0 Å². The Kier molecular flexibility index (Phi) is 5.43. The summed E-state index contributed by atoms with van der Waals surface area (Å²) in [6, 6.07) is 9.40.